The van der Waals surface area contributed by atoms with E-state index in [1.54, 1.807) is 18.0 Å². The van der Waals surface area contributed by atoms with Gasteiger partial charge in [0.25, 0.3) is 5.91 Å². The normalized spacial score (nSPS) is 17.7. The highest BCUT2D eigenvalue weighted by Gasteiger charge is 2.30. The molecule has 2 amide bonds. The molecule has 126 valence electrons. The molecule has 1 heterocycles. The van der Waals surface area contributed by atoms with Crippen molar-refractivity contribution in [1.82, 2.24) is 10.2 Å². The van der Waals surface area contributed by atoms with Crippen LogP contribution in [-0.2, 0) is 4.74 Å². The van der Waals surface area contributed by atoms with E-state index in [0.717, 1.165) is 12.1 Å². The summed E-state index contributed by atoms with van der Waals surface area (Å²) in [6.45, 7) is 6.59. The summed E-state index contributed by atoms with van der Waals surface area (Å²) in [6.07, 6.45) is 0.400. The summed E-state index contributed by atoms with van der Waals surface area (Å²) in [6, 6.07) is 7.29. The quantitative estimate of drug-likeness (QED) is 0.898. The Labute approximate surface area is 137 Å². The molecular weight excluding hydrogens is 294 g/mol. The van der Waals surface area contributed by atoms with Gasteiger partial charge in [0, 0.05) is 31.9 Å². The molecule has 1 aromatic rings. The maximum atomic E-state index is 12.4. The van der Waals surface area contributed by atoms with Gasteiger partial charge >= 0.3 is 6.09 Å². The molecule has 1 atom stereocenters. The third kappa shape index (κ3) is 4.61. The molecule has 0 radical (unpaired) electrons. The second-order valence-corrected chi connectivity index (χ2v) is 6.68. The molecule has 1 aliphatic heterocycles. The number of carbonyl (C=O) groups excluding carboxylic acids is 2. The fourth-order valence-electron chi connectivity index (χ4n) is 2.53. The van der Waals surface area contributed by atoms with Gasteiger partial charge in [0.05, 0.1) is 5.56 Å². The van der Waals surface area contributed by atoms with E-state index >= 15 is 0 Å². The molecule has 1 fully saturated rings. The first-order valence-electron chi connectivity index (χ1n) is 7.86. The van der Waals surface area contributed by atoms with Gasteiger partial charge in [-0.15, -0.1) is 0 Å². The minimum Gasteiger partial charge on any atom is -0.444 e. The number of benzene rings is 1. The van der Waals surface area contributed by atoms with Crippen molar-refractivity contribution >= 4 is 17.7 Å². The van der Waals surface area contributed by atoms with E-state index in [1.807, 2.05) is 39.0 Å². The summed E-state index contributed by atoms with van der Waals surface area (Å²) in [5.41, 5.74) is 0.877. The van der Waals surface area contributed by atoms with Crippen LogP contribution in [0.2, 0.25) is 0 Å². The molecule has 23 heavy (non-hydrogen) atoms. The summed E-state index contributed by atoms with van der Waals surface area (Å²) in [4.78, 5) is 26.1. The molecule has 0 aliphatic carbocycles. The lowest BCUT2D eigenvalue weighted by molar-refractivity contribution is 0.0290. The van der Waals surface area contributed by atoms with Crippen LogP contribution in [0.3, 0.4) is 0 Å². The number of rotatable bonds is 3. The number of anilines is 1. The highest BCUT2D eigenvalue weighted by molar-refractivity contribution is 5.99. The lowest BCUT2D eigenvalue weighted by Crippen LogP contribution is -2.40. The molecule has 0 saturated carbocycles. The number of ether oxygens (including phenoxy) is 1. The number of hydrogen-bond acceptors (Lipinski definition) is 4. The van der Waals surface area contributed by atoms with Crippen LogP contribution in [-0.4, -0.2) is 48.7 Å². The first-order valence-corrected chi connectivity index (χ1v) is 7.86. The van der Waals surface area contributed by atoms with Crippen LogP contribution in [0.4, 0.5) is 10.5 Å². The number of likely N-dealkylation sites (tertiary alicyclic amines) is 1. The van der Waals surface area contributed by atoms with Crippen molar-refractivity contribution in [2.75, 3.05) is 25.5 Å². The van der Waals surface area contributed by atoms with Crippen molar-refractivity contribution in [2.24, 2.45) is 0 Å². The Bertz CT molecular complexity index is 581. The SMILES string of the molecule is CNc1ccccc1C(=O)N[C@H]1CCN(C(=O)OC(C)(C)C)C1. The lowest BCUT2D eigenvalue weighted by Gasteiger charge is -2.24. The minimum atomic E-state index is -0.510. The Hall–Kier alpha value is -2.24. The van der Waals surface area contributed by atoms with E-state index in [2.05, 4.69) is 10.6 Å². The Morgan fingerprint density at radius 1 is 1.26 bits per heavy atom. The van der Waals surface area contributed by atoms with Gasteiger partial charge in [-0.1, -0.05) is 12.1 Å². The molecule has 6 heteroatoms. The van der Waals surface area contributed by atoms with Crippen molar-refractivity contribution < 1.29 is 14.3 Å². The Kier molecular flexibility index (Phi) is 5.13. The number of nitrogens with zero attached hydrogens (tertiary/aromatic N) is 1. The van der Waals surface area contributed by atoms with E-state index in [9.17, 15) is 9.59 Å². The number of amides is 2. The summed E-state index contributed by atoms with van der Waals surface area (Å²) >= 11 is 0. The topological polar surface area (TPSA) is 70.7 Å². The lowest BCUT2D eigenvalue weighted by atomic mass is 10.1. The molecule has 2 N–H and O–H groups in total. The van der Waals surface area contributed by atoms with Gasteiger partial charge in [-0.25, -0.2) is 4.79 Å². The van der Waals surface area contributed by atoms with E-state index in [4.69, 9.17) is 4.74 Å². The Morgan fingerprint density at radius 3 is 2.61 bits per heavy atom. The number of carbonyl (C=O) groups is 2. The predicted octanol–water partition coefficient (Wildman–Crippen LogP) is 2.47. The molecule has 1 aromatic carbocycles. The monoisotopic (exact) mass is 319 g/mol. The van der Waals surface area contributed by atoms with Gasteiger partial charge in [-0.2, -0.15) is 0 Å². The van der Waals surface area contributed by atoms with Gasteiger partial charge in [0.15, 0.2) is 0 Å². The molecule has 0 aromatic heterocycles. The van der Waals surface area contributed by atoms with Crippen LogP contribution in [0, 0.1) is 0 Å². The van der Waals surface area contributed by atoms with Crippen molar-refractivity contribution in [3.05, 3.63) is 29.8 Å². The Balaban J connectivity index is 1.93. The highest BCUT2D eigenvalue weighted by atomic mass is 16.6. The smallest absolute Gasteiger partial charge is 0.410 e. The third-order valence-electron chi connectivity index (χ3n) is 3.62. The molecule has 0 spiro atoms. The second kappa shape index (κ2) is 6.89. The van der Waals surface area contributed by atoms with Crippen molar-refractivity contribution in [1.29, 1.82) is 0 Å². The summed E-state index contributed by atoms with van der Waals surface area (Å²) in [7, 11) is 1.78. The van der Waals surface area contributed by atoms with Crippen LogP contribution in [0.25, 0.3) is 0 Å². The van der Waals surface area contributed by atoms with Gasteiger partial charge in [0.1, 0.15) is 5.60 Å². The van der Waals surface area contributed by atoms with Gasteiger partial charge in [-0.3, -0.25) is 4.79 Å². The average Bonchev–Trinajstić information content (AvgIpc) is 2.94. The summed E-state index contributed by atoms with van der Waals surface area (Å²) < 4.78 is 5.36. The standard InChI is InChI=1S/C17H25N3O3/c1-17(2,3)23-16(22)20-10-9-12(11-20)19-15(21)13-7-5-6-8-14(13)18-4/h5-8,12,18H,9-11H2,1-4H3,(H,19,21)/t12-/m0/s1. The zero-order chi connectivity index (χ0) is 17.0. The fraction of sp³-hybridized carbons (Fsp3) is 0.529. The zero-order valence-corrected chi connectivity index (χ0v) is 14.2. The highest BCUT2D eigenvalue weighted by Crippen LogP contribution is 2.17. The number of nitrogens with one attached hydrogen (secondary N) is 2. The van der Waals surface area contributed by atoms with Crippen molar-refractivity contribution in [3.63, 3.8) is 0 Å². The van der Waals surface area contributed by atoms with Crippen LogP contribution in [0.15, 0.2) is 24.3 Å². The van der Waals surface area contributed by atoms with Crippen LogP contribution in [0.5, 0.6) is 0 Å². The summed E-state index contributed by atoms with van der Waals surface area (Å²) in [5.74, 6) is -0.133. The van der Waals surface area contributed by atoms with E-state index in [1.165, 1.54) is 0 Å². The molecular formula is C17H25N3O3. The van der Waals surface area contributed by atoms with E-state index in [-0.39, 0.29) is 18.0 Å². The zero-order valence-electron chi connectivity index (χ0n) is 14.2. The second-order valence-electron chi connectivity index (χ2n) is 6.68. The fourth-order valence-corrected chi connectivity index (χ4v) is 2.53. The van der Waals surface area contributed by atoms with Crippen LogP contribution in [0.1, 0.15) is 37.6 Å². The van der Waals surface area contributed by atoms with Crippen molar-refractivity contribution in [2.45, 2.75) is 38.8 Å². The average molecular weight is 319 g/mol. The first kappa shape index (κ1) is 17.1. The van der Waals surface area contributed by atoms with E-state index < -0.39 is 5.60 Å². The molecule has 0 bridgehead atoms. The Morgan fingerprint density at radius 2 is 1.96 bits per heavy atom. The molecule has 1 saturated heterocycles. The van der Waals surface area contributed by atoms with Gasteiger partial charge in [-0.05, 0) is 39.3 Å². The molecule has 6 nitrogen and oxygen atoms in total. The molecule has 1 aliphatic rings. The third-order valence-corrected chi connectivity index (χ3v) is 3.62. The maximum Gasteiger partial charge on any atom is 0.410 e. The van der Waals surface area contributed by atoms with E-state index in [0.29, 0.717) is 18.7 Å². The van der Waals surface area contributed by atoms with Gasteiger partial charge < -0.3 is 20.3 Å². The van der Waals surface area contributed by atoms with Crippen LogP contribution < -0.4 is 10.6 Å². The predicted molar refractivity (Wildman–Crippen MR) is 89.7 cm³/mol. The minimum absolute atomic E-state index is 0.0556. The van der Waals surface area contributed by atoms with Gasteiger partial charge in [0.2, 0.25) is 0 Å². The maximum absolute atomic E-state index is 12.4. The first-order chi connectivity index (χ1) is 10.8. The van der Waals surface area contributed by atoms with Crippen molar-refractivity contribution in [3.8, 4) is 0 Å². The number of para-hydroxylation sites is 1. The largest absolute Gasteiger partial charge is 0.444 e. The summed E-state index contributed by atoms with van der Waals surface area (Å²) in [5, 5.41) is 6.00. The molecule has 2 rings (SSSR count). The van der Waals surface area contributed by atoms with Crippen LogP contribution >= 0.6 is 0 Å². The molecule has 0 unspecified atom stereocenters. The number of hydrogen-bond donors (Lipinski definition) is 2.